The van der Waals surface area contributed by atoms with E-state index in [1.807, 2.05) is 0 Å². The minimum absolute atomic E-state index is 0.0397. The number of amides is 1. The number of carbonyl (C=O) groups excluding carboxylic acids is 1. The number of rotatable bonds is 3. The summed E-state index contributed by atoms with van der Waals surface area (Å²) in [4.78, 5) is 11.9. The predicted molar refractivity (Wildman–Crippen MR) is 70.4 cm³/mol. The lowest BCUT2D eigenvalue weighted by molar-refractivity contribution is -0.134. The maximum Gasteiger partial charge on any atom is 0.250 e. The number of hydrogen-bond donors (Lipinski definition) is 2. The molecule has 1 unspecified atom stereocenters. The van der Waals surface area contributed by atoms with Gasteiger partial charge >= 0.3 is 0 Å². The molecule has 1 aliphatic heterocycles. The van der Waals surface area contributed by atoms with Gasteiger partial charge < -0.3 is 15.4 Å². The Hall–Kier alpha value is -1.39. The van der Waals surface area contributed by atoms with Gasteiger partial charge in [-0.2, -0.15) is 0 Å². The molecular formula is C14H20N2O2. The highest BCUT2D eigenvalue weighted by atomic mass is 16.5. The van der Waals surface area contributed by atoms with Crippen LogP contribution < -0.4 is 10.6 Å². The molecule has 0 radical (unpaired) electrons. The van der Waals surface area contributed by atoms with Crippen LogP contribution in [0.15, 0.2) is 18.2 Å². The van der Waals surface area contributed by atoms with Crippen LogP contribution in [0, 0.1) is 13.8 Å². The number of morpholine rings is 1. The molecule has 1 aromatic rings. The molecule has 1 heterocycles. The first-order valence-electron chi connectivity index (χ1n) is 6.33. The van der Waals surface area contributed by atoms with Crippen LogP contribution in [0.3, 0.4) is 0 Å². The summed E-state index contributed by atoms with van der Waals surface area (Å²) in [5.41, 5.74) is 3.60. The van der Waals surface area contributed by atoms with Gasteiger partial charge in [-0.25, -0.2) is 0 Å². The Labute approximate surface area is 108 Å². The van der Waals surface area contributed by atoms with Crippen LogP contribution in [-0.4, -0.2) is 31.7 Å². The van der Waals surface area contributed by atoms with E-state index < -0.39 is 0 Å². The molecule has 18 heavy (non-hydrogen) atoms. The molecule has 1 amide bonds. The fraction of sp³-hybridized carbons (Fsp3) is 0.500. The van der Waals surface area contributed by atoms with Gasteiger partial charge in [-0.3, -0.25) is 4.79 Å². The Morgan fingerprint density at radius 1 is 1.50 bits per heavy atom. The molecule has 0 bridgehead atoms. The van der Waals surface area contributed by atoms with Gasteiger partial charge in [0.15, 0.2) is 0 Å². The van der Waals surface area contributed by atoms with Crippen LogP contribution >= 0.6 is 0 Å². The zero-order chi connectivity index (χ0) is 13.0. The fourth-order valence-electron chi connectivity index (χ4n) is 2.07. The first-order valence-corrected chi connectivity index (χ1v) is 6.33. The van der Waals surface area contributed by atoms with Crippen molar-refractivity contribution >= 4 is 5.91 Å². The second-order valence-electron chi connectivity index (χ2n) is 4.71. The Kier molecular flexibility index (Phi) is 4.33. The summed E-state index contributed by atoms with van der Waals surface area (Å²) in [5, 5.41) is 6.07. The van der Waals surface area contributed by atoms with E-state index in [1.54, 1.807) is 0 Å². The third-order valence-electron chi connectivity index (χ3n) is 3.17. The SMILES string of the molecule is Cc1ccc(CNC(=O)C2CNCCO2)c(C)c1. The summed E-state index contributed by atoms with van der Waals surface area (Å²) in [7, 11) is 0. The molecule has 1 aromatic carbocycles. The second kappa shape index (κ2) is 5.98. The lowest BCUT2D eigenvalue weighted by Gasteiger charge is -2.22. The van der Waals surface area contributed by atoms with E-state index in [2.05, 4.69) is 42.7 Å². The molecule has 1 aliphatic rings. The van der Waals surface area contributed by atoms with Gasteiger partial charge in [0.1, 0.15) is 6.10 Å². The molecule has 2 rings (SSSR count). The van der Waals surface area contributed by atoms with Crippen LogP contribution in [0.4, 0.5) is 0 Å². The van der Waals surface area contributed by atoms with E-state index in [1.165, 1.54) is 11.1 Å². The lowest BCUT2D eigenvalue weighted by Crippen LogP contribution is -2.47. The minimum atomic E-state index is -0.357. The highest BCUT2D eigenvalue weighted by molar-refractivity contribution is 5.81. The number of benzene rings is 1. The zero-order valence-electron chi connectivity index (χ0n) is 11.0. The highest BCUT2D eigenvalue weighted by Gasteiger charge is 2.21. The third kappa shape index (κ3) is 3.31. The van der Waals surface area contributed by atoms with Gasteiger partial charge in [-0.05, 0) is 25.0 Å². The predicted octanol–water partition coefficient (Wildman–Crippen LogP) is 0.908. The van der Waals surface area contributed by atoms with Crippen LogP contribution in [-0.2, 0) is 16.1 Å². The average Bonchev–Trinajstić information content (AvgIpc) is 2.38. The molecule has 4 nitrogen and oxygen atoms in total. The lowest BCUT2D eigenvalue weighted by atomic mass is 10.1. The number of aryl methyl sites for hydroxylation is 2. The van der Waals surface area contributed by atoms with Gasteiger partial charge in [-0.15, -0.1) is 0 Å². The van der Waals surface area contributed by atoms with Gasteiger partial charge in [0.25, 0.3) is 5.91 Å². The fourth-order valence-corrected chi connectivity index (χ4v) is 2.07. The number of hydrogen-bond acceptors (Lipinski definition) is 3. The standard InChI is InChI=1S/C14H20N2O2/c1-10-3-4-12(11(2)7-10)8-16-14(17)13-9-15-5-6-18-13/h3-4,7,13,15H,5-6,8-9H2,1-2H3,(H,16,17). The molecule has 4 heteroatoms. The summed E-state index contributed by atoms with van der Waals surface area (Å²) in [5.74, 6) is -0.0397. The normalized spacial score (nSPS) is 19.6. The maximum atomic E-state index is 11.9. The van der Waals surface area contributed by atoms with E-state index in [9.17, 15) is 4.79 Å². The Morgan fingerprint density at radius 2 is 2.33 bits per heavy atom. The molecule has 0 aliphatic carbocycles. The first kappa shape index (κ1) is 13.1. The van der Waals surface area contributed by atoms with Gasteiger partial charge in [0.2, 0.25) is 0 Å². The molecule has 1 saturated heterocycles. The quantitative estimate of drug-likeness (QED) is 0.836. The Morgan fingerprint density at radius 3 is 3.00 bits per heavy atom. The van der Waals surface area contributed by atoms with Crippen molar-refractivity contribution < 1.29 is 9.53 Å². The van der Waals surface area contributed by atoms with Crippen molar-refractivity contribution in [2.24, 2.45) is 0 Å². The van der Waals surface area contributed by atoms with E-state index in [0.717, 1.165) is 12.1 Å². The number of nitrogens with one attached hydrogen (secondary N) is 2. The van der Waals surface area contributed by atoms with Gasteiger partial charge in [-0.1, -0.05) is 23.8 Å². The van der Waals surface area contributed by atoms with Gasteiger partial charge in [0, 0.05) is 19.6 Å². The first-order chi connectivity index (χ1) is 8.66. The molecular weight excluding hydrogens is 228 g/mol. The van der Waals surface area contributed by atoms with Crippen molar-refractivity contribution in [3.05, 3.63) is 34.9 Å². The van der Waals surface area contributed by atoms with Crippen molar-refractivity contribution in [2.45, 2.75) is 26.5 Å². The van der Waals surface area contributed by atoms with Crippen molar-refractivity contribution in [2.75, 3.05) is 19.7 Å². The second-order valence-corrected chi connectivity index (χ2v) is 4.71. The monoisotopic (exact) mass is 248 g/mol. The molecule has 0 aromatic heterocycles. The summed E-state index contributed by atoms with van der Waals surface area (Å²) >= 11 is 0. The van der Waals surface area contributed by atoms with Crippen LogP contribution in [0.25, 0.3) is 0 Å². The zero-order valence-corrected chi connectivity index (χ0v) is 11.0. The topological polar surface area (TPSA) is 50.4 Å². The summed E-state index contributed by atoms with van der Waals surface area (Å²) in [6, 6.07) is 6.25. The minimum Gasteiger partial charge on any atom is -0.366 e. The summed E-state index contributed by atoms with van der Waals surface area (Å²) in [6.45, 7) is 6.70. The molecule has 1 fully saturated rings. The summed E-state index contributed by atoms with van der Waals surface area (Å²) < 4.78 is 5.40. The van der Waals surface area contributed by atoms with Crippen LogP contribution in [0.5, 0.6) is 0 Å². The maximum absolute atomic E-state index is 11.9. The Balaban J connectivity index is 1.88. The molecule has 0 spiro atoms. The summed E-state index contributed by atoms with van der Waals surface area (Å²) in [6.07, 6.45) is -0.357. The largest absolute Gasteiger partial charge is 0.366 e. The van der Waals surface area contributed by atoms with E-state index in [0.29, 0.717) is 19.7 Å². The molecule has 2 N–H and O–H groups in total. The van der Waals surface area contributed by atoms with Crippen molar-refractivity contribution in [1.82, 2.24) is 10.6 Å². The Bertz CT molecular complexity index is 426. The van der Waals surface area contributed by atoms with E-state index in [-0.39, 0.29) is 12.0 Å². The average molecular weight is 248 g/mol. The molecule has 1 atom stereocenters. The van der Waals surface area contributed by atoms with Crippen molar-refractivity contribution in [1.29, 1.82) is 0 Å². The smallest absolute Gasteiger partial charge is 0.250 e. The van der Waals surface area contributed by atoms with E-state index >= 15 is 0 Å². The van der Waals surface area contributed by atoms with Gasteiger partial charge in [0.05, 0.1) is 6.61 Å². The van der Waals surface area contributed by atoms with E-state index in [4.69, 9.17) is 4.74 Å². The highest BCUT2D eigenvalue weighted by Crippen LogP contribution is 2.10. The number of carbonyl (C=O) groups is 1. The molecule has 0 saturated carbocycles. The molecule has 98 valence electrons. The van der Waals surface area contributed by atoms with Crippen molar-refractivity contribution in [3.63, 3.8) is 0 Å². The number of ether oxygens (including phenoxy) is 1. The van der Waals surface area contributed by atoms with Crippen molar-refractivity contribution in [3.8, 4) is 0 Å². The third-order valence-corrected chi connectivity index (χ3v) is 3.17. The van der Waals surface area contributed by atoms with Crippen LogP contribution in [0.2, 0.25) is 0 Å². The van der Waals surface area contributed by atoms with Crippen LogP contribution in [0.1, 0.15) is 16.7 Å².